The van der Waals surface area contributed by atoms with E-state index in [1.807, 2.05) is 6.92 Å². The van der Waals surface area contributed by atoms with Crippen LogP contribution in [0.3, 0.4) is 0 Å². The number of amides is 2. The molecule has 0 saturated carbocycles. The Balaban J connectivity index is 3.66. The quantitative estimate of drug-likeness (QED) is 0.580. The van der Waals surface area contributed by atoms with Gasteiger partial charge in [-0.15, -0.1) is 0 Å². The Morgan fingerprint density at radius 2 is 2.00 bits per heavy atom. The number of carbonyl (C=O) groups is 2. The molecule has 6 heteroatoms. The number of methoxy groups -OCH3 is 1. The van der Waals surface area contributed by atoms with Crippen LogP contribution in [0.2, 0.25) is 0 Å². The SMILES string of the molecule is CCN(CCC(=O)O)C(=O)NCCCCCOC. The molecule has 0 aromatic carbocycles. The summed E-state index contributed by atoms with van der Waals surface area (Å²) in [4.78, 5) is 23.6. The standard InChI is InChI=1S/C12H24N2O4/c1-3-14(9-7-11(15)16)12(17)13-8-5-4-6-10-18-2/h3-10H2,1-2H3,(H,13,17)(H,15,16). The maximum absolute atomic E-state index is 11.7. The highest BCUT2D eigenvalue weighted by Crippen LogP contribution is 1.96. The highest BCUT2D eigenvalue weighted by Gasteiger charge is 2.11. The third-order valence-electron chi connectivity index (χ3n) is 2.57. The number of rotatable bonds is 10. The summed E-state index contributed by atoms with van der Waals surface area (Å²) in [5, 5.41) is 11.4. The number of nitrogens with zero attached hydrogens (tertiary/aromatic N) is 1. The molecule has 18 heavy (non-hydrogen) atoms. The number of carboxylic acid groups (broad SMARTS) is 1. The fourth-order valence-electron chi connectivity index (χ4n) is 1.49. The molecule has 2 N–H and O–H groups in total. The Morgan fingerprint density at radius 1 is 1.28 bits per heavy atom. The molecule has 0 unspecified atom stereocenters. The minimum absolute atomic E-state index is 0.0188. The first-order valence-corrected chi connectivity index (χ1v) is 6.35. The molecule has 0 aliphatic heterocycles. The van der Waals surface area contributed by atoms with Crippen LogP contribution in [-0.2, 0) is 9.53 Å². The van der Waals surface area contributed by atoms with Gasteiger partial charge >= 0.3 is 12.0 Å². The van der Waals surface area contributed by atoms with Gasteiger partial charge in [-0.1, -0.05) is 0 Å². The number of unbranched alkanes of at least 4 members (excludes halogenated alkanes) is 2. The normalized spacial score (nSPS) is 10.1. The molecule has 0 spiro atoms. The summed E-state index contributed by atoms with van der Waals surface area (Å²) in [5.74, 6) is -0.888. The number of carbonyl (C=O) groups excluding carboxylic acids is 1. The molecule has 0 saturated heterocycles. The second-order valence-corrected chi connectivity index (χ2v) is 4.01. The zero-order chi connectivity index (χ0) is 13.8. The van der Waals surface area contributed by atoms with E-state index in [2.05, 4.69) is 5.32 Å². The van der Waals surface area contributed by atoms with Crippen molar-refractivity contribution in [3.8, 4) is 0 Å². The van der Waals surface area contributed by atoms with Crippen molar-refractivity contribution < 1.29 is 19.4 Å². The molecule has 0 aromatic heterocycles. The molecule has 0 rings (SSSR count). The van der Waals surface area contributed by atoms with E-state index in [4.69, 9.17) is 9.84 Å². The smallest absolute Gasteiger partial charge is 0.317 e. The first-order valence-electron chi connectivity index (χ1n) is 6.35. The number of nitrogens with one attached hydrogen (secondary N) is 1. The van der Waals surface area contributed by atoms with Crippen LogP contribution in [0, 0.1) is 0 Å². The molecule has 0 heterocycles. The van der Waals surface area contributed by atoms with Crippen molar-refractivity contribution in [2.75, 3.05) is 33.4 Å². The lowest BCUT2D eigenvalue weighted by molar-refractivity contribution is -0.137. The van der Waals surface area contributed by atoms with Gasteiger partial charge in [0.15, 0.2) is 0 Å². The predicted octanol–water partition coefficient (Wildman–Crippen LogP) is 1.31. The molecule has 0 fully saturated rings. The second-order valence-electron chi connectivity index (χ2n) is 4.01. The molecule has 0 aliphatic carbocycles. The van der Waals surface area contributed by atoms with Crippen LogP contribution in [0.25, 0.3) is 0 Å². The van der Waals surface area contributed by atoms with Crippen molar-refractivity contribution in [2.45, 2.75) is 32.6 Å². The van der Waals surface area contributed by atoms with Gasteiger partial charge in [0.05, 0.1) is 6.42 Å². The maximum Gasteiger partial charge on any atom is 0.317 e. The number of carboxylic acids is 1. The molecule has 0 atom stereocenters. The van der Waals surface area contributed by atoms with Crippen LogP contribution in [0.15, 0.2) is 0 Å². The first-order chi connectivity index (χ1) is 8.61. The highest BCUT2D eigenvalue weighted by molar-refractivity contribution is 5.75. The van der Waals surface area contributed by atoms with Gasteiger partial charge < -0.3 is 20.1 Å². The third-order valence-corrected chi connectivity index (χ3v) is 2.57. The fraction of sp³-hybridized carbons (Fsp3) is 0.833. The van der Waals surface area contributed by atoms with Crippen molar-refractivity contribution in [2.24, 2.45) is 0 Å². The van der Waals surface area contributed by atoms with Crippen LogP contribution >= 0.6 is 0 Å². The minimum Gasteiger partial charge on any atom is -0.481 e. The van der Waals surface area contributed by atoms with E-state index in [9.17, 15) is 9.59 Å². The summed E-state index contributed by atoms with van der Waals surface area (Å²) in [6, 6.07) is -0.189. The Kier molecular flexibility index (Phi) is 10.0. The summed E-state index contributed by atoms with van der Waals surface area (Å²) in [6.45, 7) is 3.96. The summed E-state index contributed by atoms with van der Waals surface area (Å²) in [6.07, 6.45) is 2.89. The molecule has 0 radical (unpaired) electrons. The van der Waals surface area contributed by atoms with Gasteiger partial charge in [0, 0.05) is 33.4 Å². The van der Waals surface area contributed by atoms with Gasteiger partial charge in [-0.2, -0.15) is 0 Å². The lowest BCUT2D eigenvalue weighted by atomic mass is 10.2. The summed E-state index contributed by atoms with van der Waals surface area (Å²) in [5.41, 5.74) is 0. The second kappa shape index (κ2) is 10.8. The molecular formula is C12H24N2O4. The zero-order valence-electron chi connectivity index (χ0n) is 11.3. The van der Waals surface area contributed by atoms with E-state index in [1.54, 1.807) is 7.11 Å². The van der Waals surface area contributed by atoms with Crippen molar-refractivity contribution in [3.05, 3.63) is 0 Å². The number of hydrogen-bond acceptors (Lipinski definition) is 3. The topological polar surface area (TPSA) is 78.9 Å². The van der Waals surface area contributed by atoms with E-state index in [-0.39, 0.29) is 19.0 Å². The molecule has 6 nitrogen and oxygen atoms in total. The summed E-state index contributed by atoms with van der Waals surface area (Å²) < 4.78 is 4.93. The van der Waals surface area contributed by atoms with E-state index in [1.165, 1.54) is 4.90 Å². The first kappa shape index (κ1) is 16.7. The molecule has 106 valence electrons. The van der Waals surface area contributed by atoms with Crippen LogP contribution in [0.5, 0.6) is 0 Å². The Labute approximate surface area is 108 Å². The van der Waals surface area contributed by atoms with Crippen LogP contribution in [-0.4, -0.2) is 55.4 Å². The van der Waals surface area contributed by atoms with Crippen LogP contribution < -0.4 is 5.32 Å². The minimum atomic E-state index is -0.888. The van der Waals surface area contributed by atoms with Gasteiger partial charge in [0.1, 0.15) is 0 Å². The zero-order valence-corrected chi connectivity index (χ0v) is 11.3. The summed E-state index contributed by atoms with van der Waals surface area (Å²) >= 11 is 0. The lowest BCUT2D eigenvalue weighted by Crippen LogP contribution is -2.41. The number of hydrogen-bond donors (Lipinski definition) is 2. The maximum atomic E-state index is 11.7. The van der Waals surface area contributed by atoms with E-state index in [0.29, 0.717) is 13.1 Å². The van der Waals surface area contributed by atoms with Crippen molar-refractivity contribution in [1.82, 2.24) is 10.2 Å². The van der Waals surface area contributed by atoms with E-state index < -0.39 is 5.97 Å². The molecule has 0 aliphatic rings. The fourth-order valence-corrected chi connectivity index (χ4v) is 1.49. The number of aliphatic carboxylic acids is 1. The Morgan fingerprint density at radius 3 is 2.56 bits per heavy atom. The van der Waals surface area contributed by atoms with Crippen molar-refractivity contribution in [1.29, 1.82) is 0 Å². The average Bonchev–Trinajstić information content (AvgIpc) is 2.34. The molecule has 2 amide bonds. The molecule has 0 aromatic rings. The van der Waals surface area contributed by atoms with Gasteiger partial charge in [0.2, 0.25) is 0 Å². The average molecular weight is 260 g/mol. The van der Waals surface area contributed by atoms with Crippen LogP contribution in [0.4, 0.5) is 4.79 Å². The highest BCUT2D eigenvalue weighted by atomic mass is 16.5. The van der Waals surface area contributed by atoms with Crippen molar-refractivity contribution >= 4 is 12.0 Å². The molecular weight excluding hydrogens is 236 g/mol. The van der Waals surface area contributed by atoms with Gasteiger partial charge in [-0.3, -0.25) is 4.79 Å². The molecule has 0 bridgehead atoms. The van der Waals surface area contributed by atoms with Gasteiger partial charge in [0.25, 0.3) is 0 Å². The largest absolute Gasteiger partial charge is 0.481 e. The summed E-state index contributed by atoms with van der Waals surface area (Å²) in [7, 11) is 1.67. The van der Waals surface area contributed by atoms with Gasteiger partial charge in [-0.05, 0) is 26.2 Å². The third kappa shape index (κ3) is 8.81. The van der Waals surface area contributed by atoms with Gasteiger partial charge in [-0.25, -0.2) is 4.79 Å². The monoisotopic (exact) mass is 260 g/mol. The van der Waals surface area contributed by atoms with E-state index >= 15 is 0 Å². The Bertz CT molecular complexity index is 246. The van der Waals surface area contributed by atoms with Crippen LogP contribution in [0.1, 0.15) is 32.6 Å². The Hall–Kier alpha value is -1.30. The van der Waals surface area contributed by atoms with Crippen molar-refractivity contribution in [3.63, 3.8) is 0 Å². The number of urea groups is 1. The van der Waals surface area contributed by atoms with E-state index in [0.717, 1.165) is 25.9 Å². The predicted molar refractivity (Wildman–Crippen MR) is 68.6 cm³/mol. The lowest BCUT2D eigenvalue weighted by Gasteiger charge is -2.20. The number of ether oxygens (including phenoxy) is 1.